The molecule has 2 aromatic rings. The first-order valence-electron chi connectivity index (χ1n) is 6.27. The second kappa shape index (κ2) is 6.40. The van der Waals surface area contributed by atoms with Crippen LogP contribution >= 0.6 is 0 Å². The van der Waals surface area contributed by atoms with Crippen LogP contribution < -0.4 is 4.72 Å². The number of hydrogen-bond acceptors (Lipinski definition) is 4. The van der Waals surface area contributed by atoms with E-state index in [1.807, 2.05) is 0 Å². The number of carbonyl (C=O) groups is 1. The van der Waals surface area contributed by atoms with Crippen molar-refractivity contribution in [2.24, 2.45) is 0 Å². The number of benzene rings is 1. The van der Waals surface area contributed by atoms with Gasteiger partial charge < -0.3 is 9.67 Å². The summed E-state index contributed by atoms with van der Waals surface area (Å²) in [6.45, 7) is 0. The molecule has 0 radical (unpaired) electrons. The number of imidazole rings is 1. The van der Waals surface area contributed by atoms with Gasteiger partial charge in [-0.25, -0.2) is 13.4 Å². The number of para-hydroxylation sites is 2. The van der Waals surface area contributed by atoms with Gasteiger partial charge in [-0.2, -0.15) is 0 Å². The summed E-state index contributed by atoms with van der Waals surface area (Å²) in [4.78, 5) is 14.4. The Kier molecular flexibility index (Phi) is 4.59. The predicted molar refractivity (Wildman–Crippen MR) is 77.8 cm³/mol. The number of aromatic nitrogens is 2. The summed E-state index contributed by atoms with van der Waals surface area (Å²) in [6, 6.07) is 6.91. The van der Waals surface area contributed by atoms with E-state index in [0.717, 1.165) is 0 Å². The fraction of sp³-hybridized carbons (Fsp3) is 0.231. The Labute approximate surface area is 122 Å². The SMILES string of the molecule is O=C(O)CCCS(=O)(=O)Nc1ccccc1-n1ccnc1. The maximum atomic E-state index is 12.0. The molecule has 2 rings (SSSR count). The summed E-state index contributed by atoms with van der Waals surface area (Å²) in [7, 11) is -3.59. The van der Waals surface area contributed by atoms with E-state index in [4.69, 9.17) is 5.11 Å². The van der Waals surface area contributed by atoms with E-state index in [1.54, 1.807) is 47.6 Å². The van der Waals surface area contributed by atoms with Crippen molar-refractivity contribution in [2.75, 3.05) is 10.5 Å². The van der Waals surface area contributed by atoms with Crippen LogP contribution in [-0.4, -0.2) is 34.8 Å². The minimum absolute atomic E-state index is 0.0674. The van der Waals surface area contributed by atoms with E-state index in [-0.39, 0.29) is 18.6 Å². The first-order valence-corrected chi connectivity index (χ1v) is 7.93. The van der Waals surface area contributed by atoms with Gasteiger partial charge in [0.25, 0.3) is 0 Å². The zero-order valence-electron chi connectivity index (χ0n) is 11.1. The van der Waals surface area contributed by atoms with Crippen molar-refractivity contribution in [1.82, 2.24) is 9.55 Å². The molecule has 1 heterocycles. The molecule has 0 atom stereocenters. The van der Waals surface area contributed by atoms with Crippen molar-refractivity contribution in [3.63, 3.8) is 0 Å². The van der Waals surface area contributed by atoms with Crippen molar-refractivity contribution in [1.29, 1.82) is 0 Å². The molecule has 0 saturated carbocycles. The first kappa shape index (κ1) is 15.0. The van der Waals surface area contributed by atoms with E-state index in [2.05, 4.69) is 9.71 Å². The molecule has 8 heteroatoms. The molecular formula is C13H15N3O4S. The molecule has 112 valence electrons. The standard InChI is InChI=1S/C13H15N3O4S/c17-13(18)6-3-9-21(19,20)15-11-4-1-2-5-12(11)16-8-7-14-10-16/h1-2,4-5,7-8,10,15H,3,6,9H2,(H,17,18). The van der Waals surface area contributed by atoms with Gasteiger partial charge >= 0.3 is 5.97 Å². The Morgan fingerprint density at radius 2 is 2.10 bits per heavy atom. The third kappa shape index (κ3) is 4.32. The summed E-state index contributed by atoms with van der Waals surface area (Å²) >= 11 is 0. The average molecular weight is 309 g/mol. The average Bonchev–Trinajstić information content (AvgIpc) is 2.91. The highest BCUT2D eigenvalue weighted by Gasteiger charge is 2.14. The Bertz CT molecular complexity index is 711. The van der Waals surface area contributed by atoms with Gasteiger partial charge in [0.1, 0.15) is 0 Å². The third-order valence-electron chi connectivity index (χ3n) is 2.76. The van der Waals surface area contributed by atoms with Crippen LogP contribution in [0.1, 0.15) is 12.8 Å². The van der Waals surface area contributed by atoms with Gasteiger partial charge in [0, 0.05) is 18.8 Å². The molecular weight excluding hydrogens is 294 g/mol. The number of carboxylic acids is 1. The minimum Gasteiger partial charge on any atom is -0.481 e. The lowest BCUT2D eigenvalue weighted by molar-refractivity contribution is -0.137. The molecule has 2 N–H and O–H groups in total. The van der Waals surface area contributed by atoms with Crippen LogP contribution in [0.2, 0.25) is 0 Å². The van der Waals surface area contributed by atoms with Gasteiger partial charge in [-0.05, 0) is 18.6 Å². The smallest absolute Gasteiger partial charge is 0.303 e. The Hall–Kier alpha value is -2.35. The summed E-state index contributed by atoms with van der Waals surface area (Å²) in [5.74, 6) is -1.25. The highest BCUT2D eigenvalue weighted by Crippen LogP contribution is 2.21. The van der Waals surface area contributed by atoms with Crippen LogP contribution in [0.3, 0.4) is 0 Å². The zero-order chi connectivity index (χ0) is 15.3. The largest absolute Gasteiger partial charge is 0.481 e. The molecule has 0 aliphatic rings. The predicted octanol–water partition coefficient (Wildman–Crippen LogP) is 1.48. The number of rotatable bonds is 7. The van der Waals surface area contributed by atoms with Gasteiger partial charge in [-0.1, -0.05) is 12.1 Å². The number of anilines is 1. The van der Waals surface area contributed by atoms with Gasteiger partial charge in [0.15, 0.2) is 0 Å². The fourth-order valence-corrected chi connectivity index (χ4v) is 2.95. The lowest BCUT2D eigenvalue weighted by atomic mass is 10.3. The maximum absolute atomic E-state index is 12.0. The molecule has 0 bridgehead atoms. The van der Waals surface area contributed by atoms with E-state index < -0.39 is 16.0 Å². The lowest BCUT2D eigenvalue weighted by Crippen LogP contribution is -2.18. The number of carboxylic acid groups (broad SMARTS) is 1. The topological polar surface area (TPSA) is 101 Å². The first-order chi connectivity index (χ1) is 9.98. The number of nitrogens with one attached hydrogen (secondary N) is 1. The molecule has 0 aliphatic carbocycles. The van der Waals surface area contributed by atoms with Crippen molar-refractivity contribution in [3.8, 4) is 5.69 Å². The molecule has 1 aromatic carbocycles. The second-order valence-electron chi connectivity index (χ2n) is 4.41. The number of sulfonamides is 1. The Morgan fingerprint density at radius 3 is 2.76 bits per heavy atom. The van der Waals surface area contributed by atoms with Gasteiger partial charge in [-0.3, -0.25) is 9.52 Å². The van der Waals surface area contributed by atoms with Crippen molar-refractivity contribution in [2.45, 2.75) is 12.8 Å². The lowest BCUT2D eigenvalue weighted by Gasteiger charge is -2.12. The molecule has 0 amide bonds. The summed E-state index contributed by atoms with van der Waals surface area (Å²) in [5, 5.41) is 8.54. The summed E-state index contributed by atoms with van der Waals surface area (Å²) in [6.07, 6.45) is 4.76. The van der Waals surface area contributed by atoms with Crippen molar-refractivity contribution >= 4 is 21.7 Å². The Morgan fingerprint density at radius 1 is 1.33 bits per heavy atom. The van der Waals surface area contributed by atoms with Crippen molar-refractivity contribution in [3.05, 3.63) is 43.0 Å². The van der Waals surface area contributed by atoms with Gasteiger partial charge in [0.2, 0.25) is 10.0 Å². The fourth-order valence-electron chi connectivity index (χ4n) is 1.82. The molecule has 0 spiro atoms. The van der Waals surface area contributed by atoms with E-state index in [9.17, 15) is 13.2 Å². The summed E-state index contributed by atoms with van der Waals surface area (Å²) < 4.78 is 28.1. The van der Waals surface area contributed by atoms with Crippen LogP contribution in [0.4, 0.5) is 5.69 Å². The zero-order valence-corrected chi connectivity index (χ0v) is 12.0. The molecule has 0 unspecified atom stereocenters. The monoisotopic (exact) mass is 309 g/mol. The molecule has 0 aliphatic heterocycles. The van der Waals surface area contributed by atoms with Crippen LogP contribution in [0.25, 0.3) is 5.69 Å². The van der Waals surface area contributed by atoms with Gasteiger partial charge in [0.05, 0.1) is 23.5 Å². The highest BCUT2D eigenvalue weighted by molar-refractivity contribution is 7.92. The van der Waals surface area contributed by atoms with E-state index >= 15 is 0 Å². The number of aliphatic carboxylic acids is 1. The molecule has 21 heavy (non-hydrogen) atoms. The van der Waals surface area contributed by atoms with Crippen LogP contribution in [0.15, 0.2) is 43.0 Å². The molecule has 7 nitrogen and oxygen atoms in total. The van der Waals surface area contributed by atoms with E-state index in [1.165, 1.54) is 0 Å². The third-order valence-corrected chi connectivity index (χ3v) is 4.11. The quantitative estimate of drug-likeness (QED) is 0.806. The normalized spacial score (nSPS) is 11.2. The van der Waals surface area contributed by atoms with Crippen LogP contribution in [0, 0.1) is 0 Å². The van der Waals surface area contributed by atoms with E-state index in [0.29, 0.717) is 11.4 Å². The van der Waals surface area contributed by atoms with Crippen LogP contribution in [-0.2, 0) is 14.8 Å². The maximum Gasteiger partial charge on any atom is 0.303 e. The van der Waals surface area contributed by atoms with Crippen LogP contribution in [0.5, 0.6) is 0 Å². The minimum atomic E-state index is -3.59. The van der Waals surface area contributed by atoms with Gasteiger partial charge in [-0.15, -0.1) is 0 Å². The highest BCUT2D eigenvalue weighted by atomic mass is 32.2. The molecule has 0 saturated heterocycles. The number of hydrogen-bond donors (Lipinski definition) is 2. The second-order valence-corrected chi connectivity index (χ2v) is 6.25. The molecule has 1 aromatic heterocycles. The van der Waals surface area contributed by atoms with Crippen molar-refractivity contribution < 1.29 is 18.3 Å². The molecule has 0 fully saturated rings. The summed E-state index contributed by atoms with van der Waals surface area (Å²) in [5.41, 5.74) is 1.07. The number of nitrogens with zero attached hydrogens (tertiary/aromatic N) is 2. The Balaban J connectivity index is 2.14.